The Kier molecular flexibility index (Phi) is 4.81. The minimum absolute atomic E-state index is 0.421. The molecule has 0 bridgehead atoms. The second kappa shape index (κ2) is 6.39. The summed E-state index contributed by atoms with van der Waals surface area (Å²) in [5.41, 5.74) is 3.05. The van der Waals surface area contributed by atoms with Gasteiger partial charge in [-0.1, -0.05) is 27.2 Å². The van der Waals surface area contributed by atoms with E-state index in [4.69, 9.17) is 5.84 Å². The van der Waals surface area contributed by atoms with Gasteiger partial charge in [0, 0.05) is 18.5 Å². The summed E-state index contributed by atoms with van der Waals surface area (Å²) in [6.45, 7) is 6.81. The van der Waals surface area contributed by atoms with Crippen LogP contribution in [-0.4, -0.2) is 16.0 Å². The zero-order valence-electron chi connectivity index (χ0n) is 12.9. The van der Waals surface area contributed by atoms with E-state index in [0.29, 0.717) is 17.3 Å². The van der Waals surface area contributed by atoms with Gasteiger partial charge in [0.25, 0.3) is 0 Å². The van der Waals surface area contributed by atoms with Crippen LogP contribution in [0, 0.1) is 5.41 Å². The highest BCUT2D eigenvalue weighted by atomic mass is 15.3. The first kappa shape index (κ1) is 15.0. The Hall–Kier alpha value is -1.36. The summed E-state index contributed by atoms with van der Waals surface area (Å²) in [6.07, 6.45) is 6.89. The van der Waals surface area contributed by atoms with Gasteiger partial charge in [-0.15, -0.1) is 0 Å². The predicted octanol–water partition coefficient (Wildman–Crippen LogP) is 3.10. The van der Waals surface area contributed by atoms with Crippen molar-refractivity contribution in [1.29, 1.82) is 0 Å². The summed E-state index contributed by atoms with van der Waals surface area (Å²) in [5.74, 6) is 7.91. The maximum Gasteiger partial charge on any atom is 0.145 e. The summed E-state index contributed by atoms with van der Waals surface area (Å²) >= 11 is 0. The number of hydrogen-bond acceptors (Lipinski definition) is 5. The fraction of sp³-hybridized carbons (Fsp3) is 0.733. The number of rotatable bonds is 5. The molecule has 1 aliphatic rings. The number of hydrogen-bond donors (Lipinski definition) is 3. The molecule has 20 heavy (non-hydrogen) atoms. The number of nitrogens with one attached hydrogen (secondary N) is 2. The number of hydrazine groups is 1. The minimum Gasteiger partial charge on any atom is -0.367 e. The van der Waals surface area contributed by atoms with Crippen LogP contribution in [-0.2, 0) is 6.42 Å². The van der Waals surface area contributed by atoms with E-state index in [1.165, 1.54) is 25.7 Å². The normalized spacial score (nSPS) is 21.5. The molecular weight excluding hydrogens is 250 g/mol. The molecule has 2 rings (SSSR count). The van der Waals surface area contributed by atoms with Gasteiger partial charge in [-0.05, 0) is 31.1 Å². The summed E-state index contributed by atoms with van der Waals surface area (Å²) in [4.78, 5) is 8.97. The topological polar surface area (TPSA) is 75.9 Å². The zero-order chi connectivity index (χ0) is 14.6. The van der Waals surface area contributed by atoms with E-state index < -0.39 is 0 Å². The number of aryl methyl sites for hydroxylation is 1. The van der Waals surface area contributed by atoms with Crippen LogP contribution in [0.3, 0.4) is 0 Å². The Morgan fingerprint density at radius 3 is 2.75 bits per heavy atom. The fourth-order valence-electron chi connectivity index (χ4n) is 3.01. The van der Waals surface area contributed by atoms with E-state index in [1.807, 2.05) is 6.07 Å². The van der Waals surface area contributed by atoms with Crippen molar-refractivity contribution in [2.24, 2.45) is 11.3 Å². The molecule has 1 atom stereocenters. The molecule has 1 fully saturated rings. The molecule has 1 aromatic rings. The molecule has 1 saturated carbocycles. The molecule has 0 aliphatic heterocycles. The lowest BCUT2D eigenvalue weighted by atomic mass is 9.75. The SMILES string of the molecule is CCCc1nc(NN)cc(NC2CCCC(C)(C)C2)n1. The van der Waals surface area contributed by atoms with Crippen LogP contribution >= 0.6 is 0 Å². The number of nitrogens with zero attached hydrogens (tertiary/aromatic N) is 2. The first-order valence-corrected chi connectivity index (χ1v) is 7.63. The van der Waals surface area contributed by atoms with Crippen molar-refractivity contribution in [1.82, 2.24) is 9.97 Å². The Morgan fingerprint density at radius 2 is 2.10 bits per heavy atom. The van der Waals surface area contributed by atoms with E-state index in [-0.39, 0.29) is 0 Å². The van der Waals surface area contributed by atoms with E-state index in [0.717, 1.165) is 24.5 Å². The second-order valence-electron chi connectivity index (χ2n) is 6.55. The third-order valence-electron chi connectivity index (χ3n) is 3.95. The number of nitrogens with two attached hydrogens (primary N) is 1. The zero-order valence-corrected chi connectivity index (χ0v) is 12.9. The Morgan fingerprint density at radius 1 is 1.35 bits per heavy atom. The first-order chi connectivity index (χ1) is 9.52. The quantitative estimate of drug-likeness (QED) is 0.569. The molecule has 0 spiro atoms. The van der Waals surface area contributed by atoms with Crippen molar-refractivity contribution in [2.45, 2.75) is 65.3 Å². The molecule has 1 aromatic heterocycles. The monoisotopic (exact) mass is 277 g/mol. The molecule has 0 saturated heterocycles. The van der Waals surface area contributed by atoms with Gasteiger partial charge in [0.1, 0.15) is 17.5 Å². The van der Waals surface area contributed by atoms with Crippen LogP contribution in [0.4, 0.5) is 11.6 Å². The molecule has 1 aliphatic carbocycles. The smallest absolute Gasteiger partial charge is 0.145 e. The molecule has 5 heteroatoms. The highest BCUT2D eigenvalue weighted by Crippen LogP contribution is 2.36. The van der Waals surface area contributed by atoms with Gasteiger partial charge in [0.05, 0.1) is 0 Å². The first-order valence-electron chi connectivity index (χ1n) is 7.63. The van der Waals surface area contributed by atoms with Crippen LogP contribution in [0.15, 0.2) is 6.07 Å². The predicted molar refractivity (Wildman–Crippen MR) is 83.5 cm³/mol. The van der Waals surface area contributed by atoms with Crippen LogP contribution in [0.2, 0.25) is 0 Å². The fourth-order valence-corrected chi connectivity index (χ4v) is 3.01. The van der Waals surface area contributed by atoms with Gasteiger partial charge in [-0.3, -0.25) is 0 Å². The maximum atomic E-state index is 5.49. The third-order valence-corrected chi connectivity index (χ3v) is 3.95. The minimum atomic E-state index is 0.421. The van der Waals surface area contributed by atoms with Crippen LogP contribution in [0.5, 0.6) is 0 Å². The average Bonchev–Trinajstić information content (AvgIpc) is 2.37. The van der Waals surface area contributed by atoms with Gasteiger partial charge in [0.15, 0.2) is 0 Å². The van der Waals surface area contributed by atoms with Gasteiger partial charge in [-0.2, -0.15) is 0 Å². The Balaban J connectivity index is 2.09. The van der Waals surface area contributed by atoms with Crippen molar-refractivity contribution < 1.29 is 0 Å². The van der Waals surface area contributed by atoms with Crippen molar-refractivity contribution in [3.63, 3.8) is 0 Å². The molecule has 0 aromatic carbocycles. The highest BCUT2D eigenvalue weighted by Gasteiger charge is 2.28. The molecule has 4 N–H and O–H groups in total. The van der Waals surface area contributed by atoms with Crippen molar-refractivity contribution in [3.05, 3.63) is 11.9 Å². The molecule has 1 unspecified atom stereocenters. The standard InChI is InChI=1S/C15H27N5/c1-4-6-12-18-13(9-14(19-12)20-16)17-11-7-5-8-15(2,3)10-11/h9,11H,4-8,10,16H2,1-3H3,(H2,17,18,19,20). The van der Waals surface area contributed by atoms with E-state index in [1.54, 1.807) is 0 Å². The lowest BCUT2D eigenvalue weighted by molar-refractivity contribution is 0.229. The maximum absolute atomic E-state index is 5.49. The molecular formula is C15H27N5. The Labute approximate surface area is 121 Å². The van der Waals surface area contributed by atoms with Gasteiger partial charge < -0.3 is 10.7 Å². The largest absolute Gasteiger partial charge is 0.367 e. The van der Waals surface area contributed by atoms with Crippen LogP contribution in [0.1, 0.15) is 58.7 Å². The third kappa shape index (κ3) is 4.07. The summed E-state index contributed by atoms with van der Waals surface area (Å²) < 4.78 is 0. The summed E-state index contributed by atoms with van der Waals surface area (Å²) in [7, 11) is 0. The highest BCUT2D eigenvalue weighted by molar-refractivity contribution is 5.47. The van der Waals surface area contributed by atoms with Crippen molar-refractivity contribution >= 4 is 11.6 Å². The van der Waals surface area contributed by atoms with Gasteiger partial charge >= 0.3 is 0 Å². The lowest BCUT2D eigenvalue weighted by Crippen LogP contribution is -2.32. The average molecular weight is 277 g/mol. The summed E-state index contributed by atoms with van der Waals surface area (Å²) in [6, 6.07) is 2.38. The second-order valence-corrected chi connectivity index (χ2v) is 6.55. The van der Waals surface area contributed by atoms with E-state index in [2.05, 4.69) is 41.5 Å². The molecule has 0 radical (unpaired) electrons. The number of nitrogen functional groups attached to an aromatic ring is 1. The van der Waals surface area contributed by atoms with Gasteiger partial charge in [-0.25, -0.2) is 15.8 Å². The van der Waals surface area contributed by atoms with Crippen molar-refractivity contribution in [3.8, 4) is 0 Å². The molecule has 112 valence electrons. The Bertz CT molecular complexity index is 444. The molecule has 0 amide bonds. The van der Waals surface area contributed by atoms with E-state index >= 15 is 0 Å². The van der Waals surface area contributed by atoms with Gasteiger partial charge in [0.2, 0.25) is 0 Å². The number of anilines is 2. The molecule has 1 heterocycles. The lowest BCUT2D eigenvalue weighted by Gasteiger charge is -2.35. The van der Waals surface area contributed by atoms with Crippen molar-refractivity contribution in [2.75, 3.05) is 10.7 Å². The molecule has 5 nitrogen and oxygen atoms in total. The van der Waals surface area contributed by atoms with Crippen LogP contribution < -0.4 is 16.6 Å². The van der Waals surface area contributed by atoms with E-state index in [9.17, 15) is 0 Å². The van der Waals surface area contributed by atoms with Crippen LogP contribution in [0.25, 0.3) is 0 Å². The summed E-state index contributed by atoms with van der Waals surface area (Å²) in [5, 5.41) is 3.56. The number of aromatic nitrogens is 2.